The minimum Gasteiger partial charge on any atom is -0.444 e. The third-order valence-electron chi connectivity index (χ3n) is 3.59. The van der Waals surface area contributed by atoms with Gasteiger partial charge in [0.15, 0.2) is 0 Å². The van der Waals surface area contributed by atoms with Gasteiger partial charge in [0.1, 0.15) is 11.3 Å². The number of rotatable bonds is 4. The number of nitrogens with zero attached hydrogens (tertiary/aromatic N) is 1. The van der Waals surface area contributed by atoms with Crippen molar-refractivity contribution in [3.63, 3.8) is 0 Å². The minimum absolute atomic E-state index is 0.320. The van der Waals surface area contributed by atoms with Crippen LogP contribution in [0.3, 0.4) is 0 Å². The molecule has 0 radical (unpaired) electrons. The number of halogens is 1. The van der Waals surface area contributed by atoms with Crippen molar-refractivity contribution < 1.29 is 13.9 Å². The summed E-state index contributed by atoms with van der Waals surface area (Å²) in [5.41, 5.74) is 4.33. The van der Waals surface area contributed by atoms with Crippen LogP contribution in [0.25, 0.3) is 0 Å². The average molecular weight is 288 g/mol. The Kier molecular flexibility index (Phi) is 5.80. The largest absolute Gasteiger partial charge is 0.444 e. The number of hydrogen-bond donors (Lipinski definition) is 1. The van der Waals surface area contributed by atoms with Gasteiger partial charge < -0.3 is 15.4 Å². The van der Waals surface area contributed by atoms with E-state index in [0.717, 1.165) is 19.3 Å². The monoisotopic (exact) mass is 288 g/mol. The number of hydrogen-bond acceptors (Lipinski definition) is 3. The second-order valence-electron chi connectivity index (χ2n) is 7.04. The number of carbonyl (C=O) groups excluding carboxylic acids is 1. The van der Waals surface area contributed by atoms with Gasteiger partial charge in [0.25, 0.3) is 0 Å². The zero-order valence-corrected chi connectivity index (χ0v) is 13.2. The summed E-state index contributed by atoms with van der Waals surface area (Å²) in [6, 6.07) is -0.351. The van der Waals surface area contributed by atoms with E-state index in [9.17, 15) is 9.18 Å². The predicted octanol–water partition coefficient (Wildman–Crippen LogP) is 3.24. The molecule has 4 nitrogen and oxygen atoms in total. The lowest BCUT2D eigenvalue weighted by molar-refractivity contribution is 0.0259. The first kappa shape index (κ1) is 17.2. The van der Waals surface area contributed by atoms with Gasteiger partial charge >= 0.3 is 6.09 Å². The highest BCUT2D eigenvalue weighted by molar-refractivity contribution is 5.67. The quantitative estimate of drug-likeness (QED) is 0.864. The van der Waals surface area contributed by atoms with Crippen LogP contribution in [0.5, 0.6) is 0 Å². The number of nitrogens with two attached hydrogens (primary N) is 1. The highest BCUT2D eigenvalue weighted by Gasteiger charge is 2.34. The molecule has 1 saturated carbocycles. The molecule has 0 spiro atoms. The normalized spacial score (nSPS) is 20.3. The number of ether oxygens (including phenoxy) is 1. The molecule has 1 aliphatic carbocycles. The second-order valence-corrected chi connectivity index (χ2v) is 7.04. The lowest BCUT2D eigenvalue weighted by Gasteiger charge is -2.33. The van der Waals surface area contributed by atoms with Gasteiger partial charge in [0.05, 0.1) is 0 Å². The molecule has 1 fully saturated rings. The fourth-order valence-corrected chi connectivity index (χ4v) is 2.69. The molecule has 0 saturated heterocycles. The third-order valence-corrected chi connectivity index (χ3v) is 3.59. The van der Waals surface area contributed by atoms with Crippen molar-refractivity contribution in [3.05, 3.63) is 0 Å². The number of amides is 1. The molecule has 1 rings (SSSR count). The maximum Gasteiger partial charge on any atom is 0.410 e. The van der Waals surface area contributed by atoms with E-state index in [1.807, 2.05) is 20.8 Å². The Hall–Kier alpha value is -0.840. The van der Waals surface area contributed by atoms with E-state index in [4.69, 9.17) is 10.5 Å². The molecule has 0 aromatic rings. The maximum absolute atomic E-state index is 14.5. The van der Waals surface area contributed by atoms with Crippen molar-refractivity contribution in [1.82, 2.24) is 4.90 Å². The molecule has 0 heterocycles. The molecule has 1 amide bonds. The van der Waals surface area contributed by atoms with Crippen molar-refractivity contribution in [2.45, 2.75) is 76.6 Å². The summed E-state index contributed by atoms with van der Waals surface area (Å²) >= 11 is 0. The van der Waals surface area contributed by atoms with E-state index in [1.54, 1.807) is 7.05 Å². The van der Waals surface area contributed by atoms with Crippen LogP contribution in [0.15, 0.2) is 0 Å². The van der Waals surface area contributed by atoms with Gasteiger partial charge in [-0.25, -0.2) is 9.18 Å². The summed E-state index contributed by atoms with van der Waals surface area (Å²) in [6.45, 7) is 5.77. The molecule has 2 N–H and O–H groups in total. The Bertz CT molecular complexity index is 322. The lowest BCUT2D eigenvalue weighted by atomic mass is 9.82. The summed E-state index contributed by atoms with van der Waals surface area (Å²) in [5, 5.41) is 0. The second kappa shape index (κ2) is 6.74. The molecule has 118 valence electrons. The maximum atomic E-state index is 14.5. The summed E-state index contributed by atoms with van der Waals surface area (Å²) in [5.74, 6) is 0. The Morgan fingerprint density at radius 1 is 1.35 bits per heavy atom. The van der Waals surface area contributed by atoms with Crippen molar-refractivity contribution in [3.8, 4) is 0 Å². The molecule has 1 aliphatic rings. The van der Waals surface area contributed by atoms with Crippen LogP contribution in [-0.4, -0.2) is 41.9 Å². The van der Waals surface area contributed by atoms with Gasteiger partial charge in [-0.3, -0.25) is 0 Å². The summed E-state index contributed by atoms with van der Waals surface area (Å²) in [7, 11) is 1.64. The molecular weight excluding hydrogens is 259 g/mol. The molecule has 5 heteroatoms. The molecular formula is C15H29FN2O2. The Labute approximate surface area is 121 Å². The number of likely N-dealkylation sites (N-methyl/N-ethyl adjacent to an activating group) is 1. The summed E-state index contributed by atoms with van der Waals surface area (Å²) in [4.78, 5) is 13.3. The highest BCUT2D eigenvalue weighted by Crippen LogP contribution is 2.35. The zero-order chi connectivity index (χ0) is 15.4. The fourth-order valence-electron chi connectivity index (χ4n) is 2.69. The third kappa shape index (κ3) is 6.07. The standard InChI is InChI=1S/C15H29FN2O2/c1-14(2,3)20-13(19)18(4)11-12(17)10-15(16)8-6-5-7-9-15/h12H,5-11,17H2,1-4H3/t12-/m0/s1. The van der Waals surface area contributed by atoms with Gasteiger partial charge in [0, 0.05) is 19.6 Å². The van der Waals surface area contributed by atoms with Crippen LogP contribution in [0, 0.1) is 0 Å². The highest BCUT2D eigenvalue weighted by atomic mass is 19.1. The van der Waals surface area contributed by atoms with Crippen LogP contribution in [-0.2, 0) is 4.74 Å². The fraction of sp³-hybridized carbons (Fsp3) is 0.933. The SMILES string of the molecule is CN(C[C@@H](N)CC1(F)CCCCC1)C(=O)OC(C)(C)C. The molecule has 0 aromatic carbocycles. The van der Waals surface area contributed by atoms with Gasteiger partial charge in [-0.1, -0.05) is 19.3 Å². The van der Waals surface area contributed by atoms with Crippen molar-refractivity contribution in [1.29, 1.82) is 0 Å². The van der Waals surface area contributed by atoms with Crippen LogP contribution >= 0.6 is 0 Å². The lowest BCUT2D eigenvalue weighted by Crippen LogP contribution is -2.44. The molecule has 0 bridgehead atoms. The topological polar surface area (TPSA) is 55.6 Å². The Morgan fingerprint density at radius 2 is 1.90 bits per heavy atom. The van der Waals surface area contributed by atoms with Crippen molar-refractivity contribution in [2.75, 3.05) is 13.6 Å². The molecule has 0 unspecified atom stereocenters. The van der Waals surface area contributed by atoms with Crippen LogP contribution < -0.4 is 5.73 Å². The molecule has 20 heavy (non-hydrogen) atoms. The average Bonchev–Trinajstić information content (AvgIpc) is 2.26. The van der Waals surface area contributed by atoms with Crippen LogP contribution in [0.1, 0.15) is 59.3 Å². The summed E-state index contributed by atoms with van der Waals surface area (Å²) in [6.07, 6.45) is 4.08. The van der Waals surface area contributed by atoms with E-state index in [2.05, 4.69) is 0 Å². The van der Waals surface area contributed by atoms with E-state index in [0.29, 0.717) is 25.8 Å². The first-order chi connectivity index (χ1) is 9.11. The van der Waals surface area contributed by atoms with E-state index < -0.39 is 17.4 Å². The Morgan fingerprint density at radius 3 is 2.40 bits per heavy atom. The van der Waals surface area contributed by atoms with Crippen LogP contribution in [0.2, 0.25) is 0 Å². The molecule has 0 aliphatic heterocycles. The number of alkyl halides is 1. The first-order valence-electron chi connectivity index (χ1n) is 7.50. The summed E-state index contributed by atoms with van der Waals surface area (Å²) < 4.78 is 19.8. The smallest absolute Gasteiger partial charge is 0.410 e. The zero-order valence-electron chi connectivity index (χ0n) is 13.2. The van der Waals surface area contributed by atoms with Crippen molar-refractivity contribution in [2.24, 2.45) is 5.73 Å². The minimum atomic E-state index is -1.15. The van der Waals surface area contributed by atoms with Crippen molar-refractivity contribution >= 4 is 6.09 Å². The van der Waals surface area contributed by atoms with Gasteiger partial charge in [0.2, 0.25) is 0 Å². The number of carbonyl (C=O) groups is 1. The Balaban J connectivity index is 2.41. The van der Waals surface area contributed by atoms with Gasteiger partial charge in [-0.05, 0) is 40.0 Å². The predicted molar refractivity (Wildman–Crippen MR) is 78.4 cm³/mol. The first-order valence-corrected chi connectivity index (χ1v) is 7.50. The van der Waals surface area contributed by atoms with E-state index >= 15 is 0 Å². The van der Waals surface area contributed by atoms with E-state index in [-0.39, 0.29) is 6.04 Å². The van der Waals surface area contributed by atoms with Crippen LogP contribution in [0.4, 0.5) is 9.18 Å². The van der Waals surface area contributed by atoms with Gasteiger partial charge in [-0.2, -0.15) is 0 Å². The molecule has 0 aromatic heterocycles. The van der Waals surface area contributed by atoms with E-state index in [1.165, 1.54) is 4.90 Å². The van der Waals surface area contributed by atoms with Gasteiger partial charge in [-0.15, -0.1) is 0 Å². The molecule has 1 atom stereocenters.